The van der Waals surface area contributed by atoms with Crippen LogP contribution in [0.4, 0.5) is 4.39 Å². The molecule has 1 aromatic carbocycles. The van der Waals surface area contributed by atoms with Crippen LogP contribution in [0.25, 0.3) is 0 Å². The molecule has 5 N–H and O–H groups in total. The lowest BCUT2D eigenvalue weighted by Gasteiger charge is -2.48. The Labute approximate surface area is 432 Å². The predicted molar refractivity (Wildman–Crippen MR) is 270 cm³/mol. The summed E-state index contributed by atoms with van der Waals surface area (Å²) in [5.41, 5.74) is -2.59. The first-order chi connectivity index (χ1) is 34.2. The van der Waals surface area contributed by atoms with Crippen LogP contribution in [0.5, 0.6) is 0 Å². The molecule has 3 fully saturated rings. The number of benzene rings is 1. The minimum absolute atomic E-state index is 0.0315. The Hall–Kier alpha value is -3.25. The highest BCUT2D eigenvalue weighted by molar-refractivity contribution is 5.93. The molecular formula is C53H89FN6O13. The van der Waals surface area contributed by atoms with Crippen molar-refractivity contribution in [2.24, 2.45) is 17.8 Å². The van der Waals surface area contributed by atoms with Gasteiger partial charge >= 0.3 is 5.97 Å². The highest BCUT2D eigenvalue weighted by Crippen LogP contribution is 2.40. The monoisotopic (exact) mass is 1040 g/mol. The number of carbonyl (C=O) groups excluding carboxylic acids is 2. The number of aliphatic hydroxyl groups excluding tert-OH is 2. The molecule has 73 heavy (non-hydrogen) atoms. The van der Waals surface area contributed by atoms with Gasteiger partial charge in [0.2, 0.25) is 0 Å². The van der Waals surface area contributed by atoms with E-state index in [2.05, 4.69) is 20.5 Å². The molecule has 3 aliphatic rings. The minimum atomic E-state index is -1.83. The lowest BCUT2D eigenvalue weighted by atomic mass is 9.77. The van der Waals surface area contributed by atoms with Gasteiger partial charge in [-0.3, -0.25) is 9.59 Å². The molecule has 0 unspecified atom stereocenters. The molecule has 1 amide bonds. The third-order valence-corrected chi connectivity index (χ3v) is 16.1. The van der Waals surface area contributed by atoms with Crippen molar-refractivity contribution in [2.45, 2.75) is 204 Å². The summed E-state index contributed by atoms with van der Waals surface area (Å²) in [4.78, 5) is 30.8. The number of alkyl halides is 1. The standard InChI is InChI=1S/C53H89FN6O13/c1-16-41-53(10,66)46(61)34(6)59(13)28-30(2)25-51(8,65)48(32(4)44(33(5)50(64)71-41)72-43-26-52(9,68-15)47(62)35(7)70-43)73-42-24-39(23-31(3)69-42)58(12)22-21-38-29-60(57-56-38)40(27-54)45(67-14)36-17-19-37(20-18-36)49(63)55-11/h17-20,29-35,39-48,61-62,65-66H,16,21-28H2,1-15H3,(H,55,63)/t30-,31-,32+,33-,34-,35+,39+,40-,41-,42+,43+,44+,45-,46-,47+,48-,51-,52-,53-/m1/s1. The summed E-state index contributed by atoms with van der Waals surface area (Å²) in [7, 11) is 8.45. The van der Waals surface area contributed by atoms with E-state index in [-0.39, 0.29) is 43.2 Å². The van der Waals surface area contributed by atoms with E-state index in [9.17, 15) is 34.4 Å². The van der Waals surface area contributed by atoms with E-state index in [1.807, 2.05) is 46.7 Å². The third kappa shape index (κ3) is 14.4. The second-order valence-corrected chi connectivity index (χ2v) is 22.1. The highest BCUT2D eigenvalue weighted by Gasteiger charge is 2.52. The van der Waals surface area contributed by atoms with Gasteiger partial charge in [0.05, 0.1) is 47.2 Å². The SMILES string of the molecule is CC[C@H]1OC(=O)[C@H](C)[C@@H](O[C@H]2C[C@@](C)(OC)[C@@H](O)[C@H](C)O2)[C@H](C)[C@@H](O[C@H]2C[C@@H](N(C)CCc3cn([C@H](CF)[C@H](OC)c4ccc(C(=O)NC)cc4)nn3)C[C@@H](C)O2)[C@](C)(O)C[C@@H](C)CN(C)[C@H](C)[C@@H](O)[C@]1(C)O. The number of hydrogen-bond donors (Lipinski definition) is 5. The number of likely N-dealkylation sites (N-methyl/N-ethyl adjacent to an activating group) is 2. The molecule has 19 nitrogen and oxygen atoms in total. The van der Waals surface area contributed by atoms with Crippen LogP contribution in [-0.2, 0) is 44.4 Å². The number of hydrogen-bond acceptors (Lipinski definition) is 17. The smallest absolute Gasteiger partial charge is 0.311 e. The molecule has 0 aliphatic carbocycles. The zero-order chi connectivity index (χ0) is 54.3. The van der Waals surface area contributed by atoms with Crippen molar-refractivity contribution in [3.05, 3.63) is 47.3 Å². The van der Waals surface area contributed by atoms with Crippen LogP contribution in [-0.4, -0.2) is 196 Å². The lowest BCUT2D eigenvalue weighted by Crippen LogP contribution is -2.59. The zero-order valence-electron chi connectivity index (χ0n) is 46.1. The van der Waals surface area contributed by atoms with Gasteiger partial charge in [0, 0.05) is 83.4 Å². The third-order valence-electron chi connectivity index (χ3n) is 16.1. The zero-order valence-corrected chi connectivity index (χ0v) is 46.1. The number of esters is 1. The number of methoxy groups -OCH3 is 2. The van der Waals surface area contributed by atoms with Crippen molar-refractivity contribution in [1.29, 1.82) is 0 Å². The summed E-state index contributed by atoms with van der Waals surface area (Å²) in [6.45, 7) is 18.1. The average Bonchev–Trinajstić information content (AvgIpc) is 3.83. The Morgan fingerprint density at radius 1 is 0.986 bits per heavy atom. The Bertz CT molecular complexity index is 2050. The highest BCUT2D eigenvalue weighted by atomic mass is 19.1. The molecule has 19 atom stereocenters. The van der Waals surface area contributed by atoms with E-state index in [0.29, 0.717) is 49.2 Å². The van der Waals surface area contributed by atoms with Crippen LogP contribution < -0.4 is 5.32 Å². The van der Waals surface area contributed by atoms with Gasteiger partial charge in [-0.25, -0.2) is 9.07 Å². The Kier molecular flexibility index (Phi) is 21.4. The molecule has 5 rings (SSSR count). The van der Waals surface area contributed by atoms with Gasteiger partial charge in [0.15, 0.2) is 12.6 Å². The predicted octanol–water partition coefficient (Wildman–Crippen LogP) is 4.39. The maximum Gasteiger partial charge on any atom is 0.311 e. The number of halogens is 1. The number of nitrogens with one attached hydrogen (secondary N) is 1. The lowest BCUT2D eigenvalue weighted by molar-refractivity contribution is -0.308. The molecule has 3 aliphatic heterocycles. The maximum absolute atomic E-state index is 14.8. The summed E-state index contributed by atoms with van der Waals surface area (Å²) < 4.78 is 60.6. The number of cyclic esters (lactones) is 1. The summed E-state index contributed by atoms with van der Waals surface area (Å²) in [6, 6.07) is 5.43. The molecule has 20 heteroatoms. The Balaban J connectivity index is 1.41. The summed E-state index contributed by atoms with van der Waals surface area (Å²) in [5, 5.41) is 58.8. The number of aliphatic hydroxyl groups is 4. The van der Waals surface area contributed by atoms with E-state index >= 15 is 0 Å². The molecule has 3 saturated heterocycles. The fraction of sp³-hybridized carbons (Fsp3) is 0.811. The molecule has 1 aromatic heterocycles. The number of carbonyl (C=O) groups is 2. The van der Waals surface area contributed by atoms with E-state index in [0.717, 1.165) is 0 Å². The van der Waals surface area contributed by atoms with Gasteiger partial charge < -0.3 is 68.7 Å². The van der Waals surface area contributed by atoms with Gasteiger partial charge in [-0.1, -0.05) is 38.1 Å². The largest absolute Gasteiger partial charge is 0.459 e. The Morgan fingerprint density at radius 3 is 2.26 bits per heavy atom. The van der Waals surface area contributed by atoms with Gasteiger partial charge in [-0.15, -0.1) is 5.10 Å². The molecule has 2 aromatic rings. The quantitative estimate of drug-likeness (QED) is 0.147. The molecular weight excluding hydrogens is 948 g/mol. The van der Waals surface area contributed by atoms with E-state index in [1.165, 1.54) is 25.8 Å². The Morgan fingerprint density at radius 2 is 1.66 bits per heavy atom. The summed E-state index contributed by atoms with van der Waals surface area (Å²) >= 11 is 0. The molecule has 0 spiro atoms. The van der Waals surface area contributed by atoms with Crippen LogP contribution in [0, 0.1) is 17.8 Å². The molecule has 0 bridgehead atoms. The normalized spacial score (nSPS) is 38.5. The van der Waals surface area contributed by atoms with Crippen LogP contribution in [0.15, 0.2) is 30.5 Å². The number of amides is 1. The second kappa shape index (κ2) is 25.7. The van der Waals surface area contributed by atoms with Crippen LogP contribution in [0.3, 0.4) is 0 Å². The first kappa shape index (κ1) is 60.6. The van der Waals surface area contributed by atoms with Crippen molar-refractivity contribution in [1.82, 2.24) is 30.1 Å². The first-order valence-corrected chi connectivity index (χ1v) is 26.2. The van der Waals surface area contributed by atoms with Crippen molar-refractivity contribution < 1.29 is 67.6 Å². The topological polar surface area (TPSA) is 229 Å². The van der Waals surface area contributed by atoms with Crippen LogP contribution in [0.1, 0.15) is 135 Å². The second-order valence-electron chi connectivity index (χ2n) is 22.1. The molecule has 416 valence electrons. The maximum atomic E-state index is 14.8. The van der Waals surface area contributed by atoms with Crippen LogP contribution in [0.2, 0.25) is 0 Å². The van der Waals surface area contributed by atoms with E-state index < -0.39 is 109 Å². The molecule has 4 heterocycles. The number of nitrogens with zero attached hydrogens (tertiary/aromatic N) is 5. The summed E-state index contributed by atoms with van der Waals surface area (Å²) in [5.74, 6) is -2.82. The van der Waals surface area contributed by atoms with Gasteiger partial charge in [-0.2, -0.15) is 0 Å². The molecule has 0 radical (unpaired) electrons. The average molecular weight is 1040 g/mol. The van der Waals surface area contributed by atoms with Crippen molar-refractivity contribution in [3.63, 3.8) is 0 Å². The summed E-state index contributed by atoms with van der Waals surface area (Å²) in [6.07, 6.45) is -4.83. The van der Waals surface area contributed by atoms with Gasteiger partial charge in [-0.05, 0) is 105 Å². The number of rotatable bonds is 16. The minimum Gasteiger partial charge on any atom is -0.459 e. The van der Waals surface area contributed by atoms with Crippen molar-refractivity contribution >= 4 is 11.9 Å². The molecule has 0 saturated carbocycles. The van der Waals surface area contributed by atoms with E-state index in [4.69, 9.17) is 33.2 Å². The fourth-order valence-electron chi connectivity index (χ4n) is 11.5. The fourth-order valence-corrected chi connectivity index (χ4v) is 11.5. The number of aromatic nitrogens is 3. The van der Waals surface area contributed by atoms with E-state index in [1.54, 1.807) is 72.1 Å². The number of ether oxygens (including phenoxy) is 7. The van der Waals surface area contributed by atoms with Gasteiger partial charge in [0.1, 0.15) is 42.7 Å². The van der Waals surface area contributed by atoms with Crippen molar-refractivity contribution in [3.8, 4) is 0 Å². The van der Waals surface area contributed by atoms with Crippen LogP contribution >= 0.6 is 0 Å². The first-order valence-electron chi connectivity index (χ1n) is 26.2. The van der Waals surface area contributed by atoms with Crippen molar-refractivity contribution in [2.75, 3.05) is 55.1 Å². The van der Waals surface area contributed by atoms with Gasteiger partial charge in [0.25, 0.3) is 5.91 Å².